The van der Waals surface area contributed by atoms with E-state index in [1.54, 1.807) is 0 Å². The van der Waals surface area contributed by atoms with Crippen molar-refractivity contribution in [3.63, 3.8) is 0 Å². The Morgan fingerprint density at radius 2 is 1.74 bits per heavy atom. The summed E-state index contributed by atoms with van der Waals surface area (Å²) in [5.74, 6) is -0.453. The second-order valence-corrected chi connectivity index (χ2v) is 11.5. The molecule has 0 unspecified atom stereocenters. The number of halogens is 2. The molecule has 4 atom stereocenters. The van der Waals surface area contributed by atoms with Gasteiger partial charge in [0.15, 0.2) is 0 Å². The lowest BCUT2D eigenvalue weighted by Gasteiger charge is -2.26. The van der Waals surface area contributed by atoms with Gasteiger partial charge in [-0.25, -0.2) is 8.78 Å². The van der Waals surface area contributed by atoms with Gasteiger partial charge in [-0.15, -0.1) is 0 Å². The van der Waals surface area contributed by atoms with Crippen LogP contribution in [0, 0.1) is 17.6 Å². The SMILES string of the molecule is CC(C)Cc1ccc2c(c1)[C@@H]1C[C@H]2CCC=CCCCCC(=O)N[C@@H](Cc2cc(F)cc(F)c2)[C@H](O)CN1. The fourth-order valence-electron chi connectivity index (χ4n) is 5.93. The quantitative estimate of drug-likeness (QED) is 0.413. The number of carbonyl (C=O) groups is 1. The van der Waals surface area contributed by atoms with Crippen LogP contribution in [-0.4, -0.2) is 29.7 Å². The molecule has 0 saturated heterocycles. The number of β-amino-alcohol motifs (C(OH)–C–C–N with tert-alkyl or cyclic N) is 1. The van der Waals surface area contributed by atoms with E-state index >= 15 is 0 Å². The minimum atomic E-state index is -0.913. The molecule has 0 radical (unpaired) electrons. The van der Waals surface area contributed by atoms with Gasteiger partial charge in [0.1, 0.15) is 11.6 Å². The van der Waals surface area contributed by atoms with Crippen molar-refractivity contribution in [2.75, 3.05) is 6.54 Å². The van der Waals surface area contributed by atoms with Gasteiger partial charge in [0.25, 0.3) is 0 Å². The van der Waals surface area contributed by atoms with Crippen molar-refractivity contribution in [2.45, 2.75) is 95.7 Å². The van der Waals surface area contributed by atoms with Gasteiger partial charge >= 0.3 is 0 Å². The van der Waals surface area contributed by atoms with Gasteiger partial charge in [-0.05, 0) is 97.6 Å². The first kappa shape index (κ1) is 28.4. The Labute approximate surface area is 225 Å². The highest BCUT2D eigenvalue weighted by Crippen LogP contribution is 2.43. The monoisotopic (exact) mass is 524 g/mol. The summed E-state index contributed by atoms with van der Waals surface area (Å²) < 4.78 is 27.7. The van der Waals surface area contributed by atoms with Gasteiger partial charge in [0.05, 0.1) is 12.1 Å². The van der Waals surface area contributed by atoms with Crippen LogP contribution in [0.25, 0.3) is 0 Å². The second kappa shape index (κ2) is 13.5. The molecule has 1 amide bonds. The molecule has 4 nitrogen and oxygen atoms in total. The number of hydrogen-bond donors (Lipinski definition) is 3. The first-order valence-corrected chi connectivity index (χ1v) is 14.2. The highest BCUT2D eigenvalue weighted by atomic mass is 19.1. The topological polar surface area (TPSA) is 61.4 Å². The van der Waals surface area contributed by atoms with Gasteiger partial charge in [-0.3, -0.25) is 4.79 Å². The Morgan fingerprint density at radius 1 is 0.974 bits per heavy atom. The Morgan fingerprint density at radius 3 is 2.50 bits per heavy atom. The van der Waals surface area contributed by atoms with Crippen molar-refractivity contribution in [1.82, 2.24) is 10.6 Å². The zero-order valence-electron chi connectivity index (χ0n) is 22.7. The fraction of sp³-hybridized carbons (Fsp3) is 0.531. The van der Waals surface area contributed by atoms with Crippen LogP contribution in [0.5, 0.6) is 0 Å². The van der Waals surface area contributed by atoms with E-state index in [0.717, 1.165) is 51.0 Å². The van der Waals surface area contributed by atoms with Gasteiger partial charge < -0.3 is 15.7 Å². The molecule has 206 valence electrons. The molecule has 0 spiro atoms. The average molecular weight is 525 g/mol. The van der Waals surface area contributed by atoms with Crippen molar-refractivity contribution in [2.24, 2.45) is 5.92 Å². The lowest BCUT2D eigenvalue weighted by atomic mass is 9.93. The van der Waals surface area contributed by atoms with Gasteiger partial charge in [-0.1, -0.05) is 44.2 Å². The first-order chi connectivity index (χ1) is 18.3. The molecule has 0 fully saturated rings. The smallest absolute Gasteiger partial charge is 0.220 e. The lowest BCUT2D eigenvalue weighted by Crippen LogP contribution is -2.49. The summed E-state index contributed by atoms with van der Waals surface area (Å²) in [5.41, 5.74) is 4.43. The molecular weight excluding hydrogens is 482 g/mol. The van der Waals surface area contributed by atoms with Crippen LogP contribution < -0.4 is 10.6 Å². The van der Waals surface area contributed by atoms with E-state index < -0.39 is 23.8 Å². The van der Waals surface area contributed by atoms with E-state index in [4.69, 9.17) is 0 Å². The number of amides is 1. The van der Waals surface area contributed by atoms with Crippen LogP contribution in [0.1, 0.15) is 93.0 Å². The van der Waals surface area contributed by atoms with Gasteiger partial charge in [-0.2, -0.15) is 0 Å². The molecule has 2 aromatic carbocycles. The molecule has 38 heavy (non-hydrogen) atoms. The molecule has 1 aliphatic carbocycles. The summed E-state index contributed by atoms with van der Waals surface area (Å²) in [6, 6.07) is 9.68. The van der Waals surface area contributed by atoms with E-state index in [2.05, 4.69) is 54.8 Å². The average Bonchev–Trinajstić information content (AvgIpc) is 3.19. The number of aliphatic hydroxyl groups excluding tert-OH is 1. The Bertz CT molecular complexity index is 1100. The number of aliphatic hydroxyl groups is 1. The third-order valence-electron chi connectivity index (χ3n) is 7.77. The largest absolute Gasteiger partial charge is 0.390 e. The van der Waals surface area contributed by atoms with Crippen molar-refractivity contribution < 1.29 is 18.7 Å². The van der Waals surface area contributed by atoms with Crippen molar-refractivity contribution in [3.05, 3.63) is 82.4 Å². The summed E-state index contributed by atoms with van der Waals surface area (Å²) in [6.07, 6.45) is 10.8. The fourth-order valence-corrected chi connectivity index (χ4v) is 5.93. The van der Waals surface area contributed by atoms with E-state index in [-0.39, 0.29) is 24.9 Å². The number of allylic oxidation sites excluding steroid dienone is 2. The van der Waals surface area contributed by atoms with Crippen LogP contribution in [0.15, 0.2) is 48.6 Å². The molecule has 0 saturated carbocycles. The third kappa shape index (κ3) is 7.97. The summed E-state index contributed by atoms with van der Waals surface area (Å²) in [7, 11) is 0. The van der Waals surface area contributed by atoms with Crippen LogP contribution in [-0.2, 0) is 17.6 Å². The maximum atomic E-state index is 13.9. The zero-order valence-corrected chi connectivity index (χ0v) is 22.7. The number of rotatable bonds is 4. The standard InChI is InChI=1S/C32H42F2N2O2/c1-21(2)13-22-11-12-27-24-9-7-5-3-4-6-8-10-32(38)36-30(17-23-14-25(33)19-26(34)15-23)31(37)20-35-29(18-24)28(27)16-22/h3,5,11-12,14-16,19,21,24,29-31,35,37H,4,6-10,13,17-18,20H2,1-2H3,(H,36,38)/t24-,29+,30+,31-/m1/s1. The zero-order chi connectivity index (χ0) is 27.1. The van der Waals surface area contributed by atoms with Crippen LogP contribution in [0.3, 0.4) is 0 Å². The van der Waals surface area contributed by atoms with E-state index in [1.807, 2.05) is 0 Å². The van der Waals surface area contributed by atoms with E-state index in [0.29, 0.717) is 23.8 Å². The Kier molecular flexibility index (Phi) is 10.1. The van der Waals surface area contributed by atoms with Crippen molar-refractivity contribution in [1.29, 1.82) is 0 Å². The molecule has 2 aromatic rings. The minimum absolute atomic E-state index is 0.111. The Balaban J connectivity index is 1.56. The molecule has 3 N–H and O–H groups in total. The highest BCUT2D eigenvalue weighted by molar-refractivity contribution is 5.76. The molecule has 1 heterocycles. The minimum Gasteiger partial charge on any atom is -0.390 e. The molecule has 0 aromatic heterocycles. The molecule has 2 bridgehead atoms. The lowest BCUT2D eigenvalue weighted by molar-refractivity contribution is -0.122. The van der Waals surface area contributed by atoms with Crippen LogP contribution >= 0.6 is 0 Å². The number of fused-ring (bicyclic) bond motifs is 5. The second-order valence-electron chi connectivity index (χ2n) is 11.5. The van der Waals surface area contributed by atoms with Crippen molar-refractivity contribution >= 4 is 5.91 Å². The van der Waals surface area contributed by atoms with Crippen molar-refractivity contribution in [3.8, 4) is 0 Å². The predicted molar refractivity (Wildman–Crippen MR) is 148 cm³/mol. The summed E-state index contributed by atoms with van der Waals surface area (Å²) in [6.45, 7) is 4.72. The molecule has 4 rings (SSSR count). The van der Waals surface area contributed by atoms with E-state index in [9.17, 15) is 18.7 Å². The molecule has 1 aliphatic heterocycles. The third-order valence-corrected chi connectivity index (χ3v) is 7.77. The molecule has 2 aliphatic rings. The van der Waals surface area contributed by atoms with Gasteiger partial charge in [0.2, 0.25) is 5.91 Å². The number of nitrogens with one attached hydrogen (secondary N) is 2. The van der Waals surface area contributed by atoms with E-state index in [1.165, 1.54) is 28.8 Å². The Hall–Kier alpha value is -2.57. The molecule has 6 heteroatoms. The predicted octanol–water partition coefficient (Wildman–Crippen LogP) is 6.28. The maximum Gasteiger partial charge on any atom is 0.220 e. The van der Waals surface area contributed by atoms with Gasteiger partial charge in [0, 0.05) is 25.1 Å². The highest BCUT2D eigenvalue weighted by Gasteiger charge is 2.32. The normalized spacial score (nSPS) is 25.2. The number of carbonyl (C=O) groups excluding carboxylic acids is 1. The van der Waals surface area contributed by atoms with Crippen LogP contribution in [0.4, 0.5) is 8.78 Å². The molecular formula is C32H42F2N2O2. The number of benzene rings is 2. The summed E-state index contributed by atoms with van der Waals surface area (Å²) in [5, 5.41) is 17.7. The van der Waals surface area contributed by atoms with Crippen LogP contribution in [0.2, 0.25) is 0 Å². The maximum absolute atomic E-state index is 13.9. The summed E-state index contributed by atoms with van der Waals surface area (Å²) >= 11 is 0. The summed E-state index contributed by atoms with van der Waals surface area (Å²) in [4.78, 5) is 12.7. The number of hydrogen-bond acceptors (Lipinski definition) is 3. The first-order valence-electron chi connectivity index (χ1n) is 14.2.